The van der Waals surface area contributed by atoms with Gasteiger partial charge in [-0.05, 0) is 31.7 Å². The highest BCUT2D eigenvalue weighted by Gasteiger charge is 2.28. The van der Waals surface area contributed by atoms with E-state index in [0.29, 0.717) is 30.0 Å². The highest BCUT2D eigenvalue weighted by atomic mass is 32.1. The van der Waals surface area contributed by atoms with Gasteiger partial charge in [0.1, 0.15) is 9.88 Å². The Morgan fingerprint density at radius 2 is 2.00 bits per heavy atom. The second-order valence-corrected chi connectivity index (χ2v) is 8.14. The zero-order valence-electron chi connectivity index (χ0n) is 16.6. The largest absolute Gasteiger partial charge is 0.451 e. The topological polar surface area (TPSA) is 103 Å². The number of hydrogen-bond donors (Lipinski definition) is 1. The lowest BCUT2D eigenvalue weighted by molar-refractivity contribution is -0.137. The predicted molar refractivity (Wildman–Crippen MR) is 110 cm³/mol. The van der Waals surface area contributed by atoms with Crippen molar-refractivity contribution >= 4 is 29.1 Å². The molecule has 154 valence electrons. The van der Waals surface area contributed by atoms with Crippen molar-refractivity contribution in [3.8, 4) is 10.6 Å². The minimum absolute atomic E-state index is 0.281. The minimum Gasteiger partial charge on any atom is -0.451 e. The van der Waals surface area contributed by atoms with Crippen molar-refractivity contribution in [3.63, 3.8) is 0 Å². The summed E-state index contributed by atoms with van der Waals surface area (Å²) in [5, 5.41) is 0.740. The zero-order valence-corrected chi connectivity index (χ0v) is 17.5. The van der Waals surface area contributed by atoms with E-state index < -0.39 is 11.9 Å². The normalized spacial score (nSPS) is 16.5. The number of piperidine rings is 1. The molecule has 0 spiro atoms. The first-order valence-electron chi connectivity index (χ1n) is 9.70. The summed E-state index contributed by atoms with van der Waals surface area (Å²) in [5.41, 5.74) is 8.09. The quantitative estimate of drug-likeness (QED) is 0.731. The molecule has 2 amide bonds. The van der Waals surface area contributed by atoms with Crippen LogP contribution >= 0.6 is 11.3 Å². The number of carbonyl (C=O) groups is 3. The number of esters is 1. The van der Waals surface area contributed by atoms with Gasteiger partial charge in [0.25, 0.3) is 5.91 Å². The van der Waals surface area contributed by atoms with E-state index in [-0.39, 0.29) is 25.0 Å². The Morgan fingerprint density at radius 1 is 1.28 bits per heavy atom. The molecule has 1 atom stereocenters. The van der Waals surface area contributed by atoms with Crippen molar-refractivity contribution in [2.45, 2.75) is 33.1 Å². The molecule has 1 fully saturated rings. The van der Waals surface area contributed by atoms with Crippen molar-refractivity contribution in [1.29, 1.82) is 0 Å². The molecule has 3 rings (SSSR count). The van der Waals surface area contributed by atoms with Crippen LogP contribution in [-0.2, 0) is 20.7 Å². The molecule has 1 saturated heterocycles. The number of likely N-dealkylation sites (tertiary alicyclic amines) is 1. The van der Waals surface area contributed by atoms with Crippen LogP contribution < -0.4 is 5.73 Å². The maximum Gasteiger partial charge on any atom is 0.350 e. The molecule has 29 heavy (non-hydrogen) atoms. The molecule has 8 heteroatoms. The van der Waals surface area contributed by atoms with Crippen LogP contribution in [0.5, 0.6) is 0 Å². The van der Waals surface area contributed by atoms with Gasteiger partial charge in [0.15, 0.2) is 6.61 Å². The molecule has 1 aliphatic rings. The molecule has 1 aromatic carbocycles. The number of amides is 2. The number of thiazole rings is 1. The Kier molecular flexibility index (Phi) is 6.64. The summed E-state index contributed by atoms with van der Waals surface area (Å²) in [5.74, 6) is -1.62. The number of ether oxygens (including phenoxy) is 1. The van der Waals surface area contributed by atoms with Gasteiger partial charge in [0.2, 0.25) is 5.91 Å². The van der Waals surface area contributed by atoms with Crippen LogP contribution in [0, 0.1) is 12.8 Å². The van der Waals surface area contributed by atoms with E-state index in [1.807, 2.05) is 24.3 Å². The summed E-state index contributed by atoms with van der Waals surface area (Å²) in [4.78, 5) is 42.6. The Labute approximate surface area is 173 Å². The molecule has 0 unspecified atom stereocenters. The van der Waals surface area contributed by atoms with E-state index in [1.54, 1.807) is 6.92 Å². The average Bonchev–Trinajstić information content (AvgIpc) is 3.13. The van der Waals surface area contributed by atoms with Crippen LogP contribution in [0.2, 0.25) is 0 Å². The van der Waals surface area contributed by atoms with Crippen LogP contribution in [-0.4, -0.2) is 47.4 Å². The fourth-order valence-electron chi connectivity index (χ4n) is 3.31. The number of primary amides is 1. The molecule has 0 saturated carbocycles. The third-order valence-electron chi connectivity index (χ3n) is 5.09. The molecule has 1 aliphatic heterocycles. The third kappa shape index (κ3) is 5.00. The summed E-state index contributed by atoms with van der Waals surface area (Å²) in [6.07, 6.45) is 2.35. The van der Waals surface area contributed by atoms with Gasteiger partial charge in [-0.15, -0.1) is 11.3 Å². The van der Waals surface area contributed by atoms with E-state index in [2.05, 4.69) is 11.9 Å². The first-order valence-corrected chi connectivity index (χ1v) is 10.5. The fourth-order valence-corrected chi connectivity index (χ4v) is 4.28. The van der Waals surface area contributed by atoms with E-state index >= 15 is 0 Å². The molecule has 7 nitrogen and oxygen atoms in total. The molecular weight excluding hydrogens is 390 g/mol. The maximum atomic E-state index is 12.5. The zero-order chi connectivity index (χ0) is 21.0. The van der Waals surface area contributed by atoms with Crippen LogP contribution in [0.1, 0.15) is 40.7 Å². The summed E-state index contributed by atoms with van der Waals surface area (Å²) in [6, 6.07) is 8.06. The van der Waals surface area contributed by atoms with Gasteiger partial charge < -0.3 is 15.4 Å². The number of aromatic nitrogens is 1. The summed E-state index contributed by atoms with van der Waals surface area (Å²) < 4.78 is 5.23. The lowest BCUT2D eigenvalue weighted by Crippen LogP contribution is -2.45. The molecule has 1 aromatic heterocycles. The summed E-state index contributed by atoms with van der Waals surface area (Å²) >= 11 is 1.25. The molecule has 2 N–H and O–H groups in total. The van der Waals surface area contributed by atoms with E-state index in [1.165, 1.54) is 21.8 Å². The molecule has 0 aliphatic carbocycles. The van der Waals surface area contributed by atoms with Crippen LogP contribution in [0.15, 0.2) is 24.3 Å². The second-order valence-electron chi connectivity index (χ2n) is 7.14. The van der Waals surface area contributed by atoms with Crippen LogP contribution in [0.25, 0.3) is 10.6 Å². The predicted octanol–water partition coefficient (Wildman–Crippen LogP) is 2.56. The maximum absolute atomic E-state index is 12.5. The third-order valence-corrected chi connectivity index (χ3v) is 6.28. The summed E-state index contributed by atoms with van der Waals surface area (Å²) in [6.45, 7) is 4.31. The highest BCUT2D eigenvalue weighted by Crippen LogP contribution is 2.28. The van der Waals surface area contributed by atoms with Gasteiger partial charge in [-0.25, -0.2) is 9.78 Å². The smallest absolute Gasteiger partial charge is 0.350 e. The number of nitrogens with two attached hydrogens (primary N) is 1. The van der Waals surface area contributed by atoms with Gasteiger partial charge in [0, 0.05) is 18.7 Å². The molecule has 2 aromatic rings. The first kappa shape index (κ1) is 21.0. The average molecular weight is 416 g/mol. The van der Waals surface area contributed by atoms with Gasteiger partial charge in [0.05, 0.1) is 11.6 Å². The van der Waals surface area contributed by atoms with Crippen molar-refractivity contribution in [2.24, 2.45) is 11.7 Å². The Morgan fingerprint density at radius 3 is 2.66 bits per heavy atom. The van der Waals surface area contributed by atoms with Gasteiger partial charge >= 0.3 is 5.97 Å². The number of hydrogen-bond acceptors (Lipinski definition) is 6. The number of carbonyl (C=O) groups excluding carboxylic acids is 3. The van der Waals surface area contributed by atoms with Gasteiger partial charge in [-0.2, -0.15) is 0 Å². The minimum atomic E-state index is -0.562. The number of benzene rings is 1. The number of aryl methyl sites for hydroxylation is 2. The molecule has 0 bridgehead atoms. The number of rotatable bonds is 6. The van der Waals surface area contributed by atoms with E-state index in [4.69, 9.17) is 10.5 Å². The van der Waals surface area contributed by atoms with Crippen molar-refractivity contribution in [1.82, 2.24) is 9.88 Å². The SMILES string of the molecule is CCc1ccc(-c2nc(C)c(C(=O)OCC(=O)N3CCC[C@@H](C(N)=O)C3)s2)cc1. The van der Waals surface area contributed by atoms with Crippen LogP contribution in [0.4, 0.5) is 0 Å². The Balaban J connectivity index is 1.61. The van der Waals surface area contributed by atoms with Crippen molar-refractivity contribution in [2.75, 3.05) is 19.7 Å². The standard InChI is InChI=1S/C21H25N3O4S/c1-3-14-6-8-15(9-7-14)20-23-13(2)18(29-20)21(27)28-12-17(25)24-10-4-5-16(11-24)19(22)26/h6-9,16H,3-5,10-12H2,1-2H3,(H2,22,26)/t16-/m1/s1. The van der Waals surface area contributed by atoms with Gasteiger partial charge in [-0.3, -0.25) is 9.59 Å². The van der Waals surface area contributed by atoms with Crippen molar-refractivity contribution in [3.05, 3.63) is 40.4 Å². The molecular formula is C21H25N3O4S. The molecule has 2 heterocycles. The van der Waals surface area contributed by atoms with E-state index in [9.17, 15) is 14.4 Å². The Bertz CT molecular complexity index is 907. The second kappa shape index (κ2) is 9.17. The lowest BCUT2D eigenvalue weighted by atomic mass is 9.97. The Hall–Kier alpha value is -2.74. The number of nitrogens with zero attached hydrogens (tertiary/aromatic N) is 2. The van der Waals surface area contributed by atoms with Crippen molar-refractivity contribution < 1.29 is 19.1 Å². The lowest BCUT2D eigenvalue weighted by Gasteiger charge is -2.30. The van der Waals surface area contributed by atoms with Crippen LogP contribution in [0.3, 0.4) is 0 Å². The first-order chi connectivity index (χ1) is 13.9. The molecule has 0 radical (unpaired) electrons. The van der Waals surface area contributed by atoms with E-state index in [0.717, 1.165) is 17.0 Å². The van der Waals surface area contributed by atoms with Gasteiger partial charge in [-0.1, -0.05) is 31.2 Å². The monoisotopic (exact) mass is 415 g/mol. The highest BCUT2D eigenvalue weighted by molar-refractivity contribution is 7.17. The fraction of sp³-hybridized carbons (Fsp3) is 0.429. The summed E-state index contributed by atoms with van der Waals surface area (Å²) in [7, 11) is 0.